The minimum atomic E-state index is -0.237. The molecular formula is C9H15N3O. The normalized spacial score (nSPS) is 29.1. The van der Waals surface area contributed by atoms with E-state index in [1.165, 1.54) is 0 Å². The molecule has 1 aliphatic rings. The minimum Gasteiger partial charge on any atom is -0.366 e. The molecule has 1 fully saturated rings. The summed E-state index contributed by atoms with van der Waals surface area (Å²) in [5.41, 5.74) is 2.00. The van der Waals surface area contributed by atoms with E-state index < -0.39 is 0 Å². The Bertz CT molecular complexity index is 289. The number of morpholine rings is 1. The van der Waals surface area contributed by atoms with Gasteiger partial charge in [0.15, 0.2) is 0 Å². The summed E-state index contributed by atoms with van der Waals surface area (Å²) in [6.45, 7) is 6.66. The van der Waals surface area contributed by atoms with Crippen molar-refractivity contribution < 1.29 is 4.74 Å². The van der Waals surface area contributed by atoms with E-state index in [0.717, 1.165) is 31.0 Å². The van der Waals surface area contributed by atoms with E-state index in [0.29, 0.717) is 0 Å². The predicted octanol–water partition coefficient (Wildman–Crippen LogP) is 0.553. The van der Waals surface area contributed by atoms with Crippen LogP contribution >= 0.6 is 0 Å². The maximum atomic E-state index is 5.76. The first kappa shape index (κ1) is 8.72. The van der Waals surface area contributed by atoms with Crippen molar-refractivity contribution in [1.82, 2.24) is 15.5 Å². The predicted molar refractivity (Wildman–Crippen MR) is 49.5 cm³/mol. The minimum absolute atomic E-state index is 0.237. The lowest BCUT2D eigenvalue weighted by Crippen LogP contribution is -2.46. The van der Waals surface area contributed by atoms with Gasteiger partial charge in [0, 0.05) is 13.1 Å². The Hall–Kier alpha value is -0.870. The summed E-state index contributed by atoms with van der Waals surface area (Å²) < 4.78 is 5.76. The van der Waals surface area contributed by atoms with Crippen LogP contribution in [0.2, 0.25) is 0 Å². The van der Waals surface area contributed by atoms with Gasteiger partial charge in [-0.1, -0.05) is 0 Å². The van der Waals surface area contributed by atoms with Gasteiger partial charge in [0.25, 0.3) is 0 Å². The van der Waals surface area contributed by atoms with E-state index in [2.05, 4.69) is 22.4 Å². The topological polar surface area (TPSA) is 49.9 Å². The summed E-state index contributed by atoms with van der Waals surface area (Å²) in [4.78, 5) is 0. The second-order valence-electron chi connectivity index (χ2n) is 3.68. The Labute approximate surface area is 77.7 Å². The molecule has 13 heavy (non-hydrogen) atoms. The van der Waals surface area contributed by atoms with Gasteiger partial charge in [-0.3, -0.25) is 5.10 Å². The van der Waals surface area contributed by atoms with Crippen LogP contribution in [0.5, 0.6) is 0 Å². The molecule has 1 aliphatic heterocycles. The molecule has 4 nitrogen and oxygen atoms in total. The van der Waals surface area contributed by atoms with Crippen LogP contribution in [0, 0.1) is 6.92 Å². The third-order valence-corrected chi connectivity index (χ3v) is 2.52. The van der Waals surface area contributed by atoms with Gasteiger partial charge in [-0.05, 0) is 19.4 Å². The van der Waals surface area contributed by atoms with Gasteiger partial charge in [0.05, 0.1) is 18.5 Å². The molecule has 0 spiro atoms. The average molecular weight is 181 g/mol. The number of aromatic amines is 1. The van der Waals surface area contributed by atoms with E-state index in [1.54, 1.807) is 0 Å². The SMILES string of the molecule is Cc1cn[nH]c1[C@]1(C)CNCCO1. The summed E-state index contributed by atoms with van der Waals surface area (Å²) in [6.07, 6.45) is 1.83. The number of rotatable bonds is 1. The van der Waals surface area contributed by atoms with Crippen LogP contribution in [0.15, 0.2) is 6.20 Å². The van der Waals surface area contributed by atoms with Crippen LogP contribution < -0.4 is 5.32 Å². The van der Waals surface area contributed by atoms with Gasteiger partial charge in [-0.15, -0.1) is 0 Å². The fourth-order valence-electron chi connectivity index (χ4n) is 1.77. The Morgan fingerprint density at radius 3 is 3.00 bits per heavy atom. The Morgan fingerprint density at radius 1 is 1.62 bits per heavy atom. The molecule has 2 N–H and O–H groups in total. The molecule has 0 amide bonds. The molecule has 72 valence electrons. The standard InChI is InChI=1S/C9H15N3O/c1-7-5-11-12-8(7)9(2)6-10-3-4-13-9/h5,10H,3-4,6H2,1-2H3,(H,11,12)/t9-/m0/s1. The monoisotopic (exact) mass is 181 g/mol. The summed E-state index contributed by atoms with van der Waals surface area (Å²) in [7, 11) is 0. The molecule has 4 heteroatoms. The van der Waals surface area contributed by atoms with Gasteiger partial charge in [0.2, 0.25) is 0 Å². The van der Waals surface area contributed by atoms with E-state index in [1.807, 2.05) is 13.1 Å². The van der Waals surface area contributed by atoms with Crippen molar-refractivity contribution in [1.29, 1.82) is 0 Å². The van der Waals surface area contributed by atoms with Crippen molar-refractivity contribution in [3.8, 4) is 0 Å². The summed E-state index contributed by atoms with van der Waals surface area (Å²) in [5, 5.41) is 10.3. The van der Waals surface area contributed by atoms with Gasteiger partial charge in [0.1, 0.15) is 5.60 Å². The zero-order valence-corrected chi connectivity index (χ0v) is 8.05. The fraction of sp³-hybridized carbons (Fsp3) is 0.667. The number of hydrogen-bond donors (Lipinski definition) is 2. The number of H-pyrrole nitrogens is 1. The first-order valence-electron chi connectivity index (χ1n) is 4.57. The highest BCUT2D eigenvalue weighted by atomic mass is 16.5. The second kappa shape index (κ2) is 3.12. The van der Waals surface area contributed by atoms with Gasteiger partial charge >= 0.3 is 0 Å². The van der Waals surface area contributed by atoms with Crippen LogP contribution in [0.25, 0.3) is 0 Å². The van der Waals surface area contributed by atoms with Crippen LogP contribution in [0.1, 0.15) is 18.2 Å². The van der Waals surface area contributed by atoms with E-state index in [-0.39, 0.29) is 5.60 Å². The molecule has 1 aromatic rings. The molecule has 2 heterocycles. The highest BCUT2D eigenvalue weighted by molar-refractivity contribution is 5.21. The Kier molecular flexibility index (Phi) is 2.09. The molecule has 2 rings (SSSR count). The highest BCUT2D eigenvalue weighted by Crippen LogP contribution is 2.26. The highest BCUT2D eigenvalue weighted by Gasteiger charge is 2.32. The summed E-state index contributed by atoms with van der Waals surface area (Å²) >= 11 is 0. The smallest absolute Gasteiger partial charge is 0.119 e. The quantitative estimate of drug-likeness (QED) is 0.665. The lowest BCUT2D eigenvalue weighted by atomic mass is 9.98. The molecule has 0 bridgehead atoms. The molecule has 0 saturated carbocycles. The maximum Gasteiger partial charge on any atom is 0.119 e. The van der Waals surface area contributed by atoms with E-state index in [4.69, 9.17) is 4.74 Å². The second-order valence-corrected chi connectivity index (χ2v) is 3.68. The number of nitrogens with one attached hydrogen (secondary N) is 2. The third kappa shape index (κ3) is 1.47. The van der Waals surface area contributed by atoms with Crippen LogP contribution in [-0.4, -0.2) is 29.9 Å². The first-order chi connectivity index (χ1) is 6.22. The number of hydrogen-bond acceptors (Lipinski definition) is 3. The zero-order chi connectivity index (χ0) is 9.31. The molecule has 1 atom stereocenters. The number of nitrogens with zero attached hydrogens (tertiary/aromatic N) is 1. The van der Waals surface area contributed by atoms with E-state index in [9.17, 15) is 0 Å². The largest absolute Gasteiger partial charge is 0.366 e. The van der Waals surface area contributed by atoms with Crippen molar-refractivity contribution >= 4 is 0 Å². The first-order valence-corrected chi connectivity index (χ1v) is 4.57. The van der Waals surface area contributed by atoms with Gasteiger partial charge < -0.3 is 10.1 Å². The third-order valence-electron chi connectivity index (χ3n) is 2.52. The number of ether oxygens (including phenoxy) is 1. The molecule has 0 unspecified atom stereocenters. The molecule has 0 aromatic carbocycles. The molecule has 0 aliphatic carbocycles. The van der Waals surface area contributed by atoms with Crippen LogP contribution in [-0.2, 0) is 10.3 Å². The number of aryl methyl sites for hydroxylation is 1. The molecule has 1 saturated heterocycles. The van der Waals surface area contributed by atoms with Gasteiger partial charge in [-0.25, -0.2) is 0 Å². The summed E-state index contributed by atoms with van der Waals surface area (Å²) in [6, 6.07) is 0. The van der Waals surface area contributed by atoms with Gasteiger partial charge in [-0.2, -0.15) is 5.10 Å². The van der Waals surface area contributed by atoms with Crippen molar-refractivity contribution in [2.75, 3.05) is 19.7 Å². The van der Waals surface area contributed by atoms with Crippen molar-refractivity contribution in [3.05, 3.63) is 17.5 Å². The van der Waals surface area contributed by atoms with Crippen molar-refractivity contribution in [2.45, 2.75) is 19.4 Å². The van der Waals surface area contributed by atoms with Crippen LogP contribution in [0.4, 0.5) is 0 Å². The fourth-order valence-corrected chi connectivity index (χ4v) is 1.77. The van der Waals surface area contributed by atoms with Crippen molar-refractivity contribution in [3.63, 3.8) is 0 Å². The molecule has 1 aromatic heterocycles. The van der Waals surface area contributed by atoms with Crippen LogP contribution in [0.3, 0.4) is 0 Å². The Morgan fingerprint density at radius 2 is 2.46 bits per heavy atom. The molecule has 0 radical (unpaired) electrons. The zero-order valence-electron chi connectivity index (χ0n) is 8.05. The lowest BCUT2D eigenvalue weighted by Gasteiger charge is -2.33. The van der Waals surface area contributed by atoms with Crippen molar-refractivity contribution in [2.24, 2.45) is 0 Å². The maximum absolute atomic E-state index is 5.76. The Balaban J connectivity index is 2.27. The lowest BCUT2D eigenvalue weighted by molar-refractivity contribution is -0.0605. The number of aromatic nitrogens is 2. The summed E-state index contributed by atoms with van der Waals surface area (Å²) in [5.74, 6) is 0. The van der Waals surface area contributed by atoms with E-state index >= 15 is 0 Å². The average Bonchev–Trinajstić information content (AvgIpc) is 2.53. The molecular weight excluding hydrogens is 166 g/mol.